The van der Waals surface area contributed by atoms with Crippen LogP contribution < -0.4 is 0 Å². The molecular formula is C10H15NO3PW-. The molecule has 1 rings (SSSR count). The van der Waals surface area contributed by atoms with E-state index < -0.39 is 7.60 Å². The molecule has 0 amide bonds. The molecule has 0 unspecified atom stereocenters. The molecule has 0 N–H and O–H groups in total. The van der Waals surface area contributed by atoms with Crippen LogP contribution in [0.15, 0.2) is 18.3 Å². The predicted octanol–water partition coefficient (Wildman–Crippen LogP) is 2.65. The van der Waals surface area contributed by atoms with Crippen molar-refractivity contribution in [1.29, 1.82) is 0 Å². The molecule has 6 heteroatoms. The van der Waals surface area contributed by atoms with E-state index in [1.54, 1.807) is 26.0 Å². The Labute approximate surface area is 111 Å². The second-order valence-corrected chi connectivity index (χ2v) is 4.91. The van der Waals surface area contributed by atoms with Crippen LogP contribution in [0.4, 0.5) is 0 Å². The Morgan fingerprint density at radius 3 is 2.44 bits per heavy atom. The predicted molar refractivity (Wildman–Crippen MR) is 57.6 cm³/mol. The first-order valence-electron chi connectivity index (χ1n) is 4.89. The molecule has 0 saturated heterocycles. The number of rotatable bonds is 6. The molecule has 0 bridgehead atoms. The molecule has 0 aliphatic heterocycles. The van der Waals surface area contributed by atoms with E-state index in [0.717, 1.165) is 0 Å². The summed E-state index contributed by atoms with van der Waals surface area (Å²) in [6, 6.07) is 6.28. The molecule has 1 aromatic heterocycles. The molecule has 0 aliphatic rings. The van der Waals surface area contributed by atoms with Crippen molar-refractivity contribution < 1.29 is 34.7 Å². The maximum absolute atomic E-state index is 12.1. The fraction of sp³-hybridized carbons (Fsp3) is 0.500. The minimum Gasteiger partial charge on any atom is -0.309 e. The van der Waals surface area contributed by atoms with Gasteiger partial charge in [-0.2, -0.15) is 6.07 Å². The average Bonchev–Trinajstić information content (AvgIpc) is 2.19. The maximum atomic E-state index is 12.1. The Hall–Kier alpha value is -0.0117. The van der Waals surface area contributed by atoms with Gasteiger partial charge in [0.15, 0.2) is 0 Å². The van der Waals surface area contributed by atoms with Gasteiger partial charge in [-0.05, 0) is 19.5 Å². The number of pyridine rings is 1. The van der Waals surface area contributed by atoms with Crippen molar-refractivity contribution in [1.82, 2.24) is 4.98 Å². The number of hydrogen-bond donors (Lipinski definition) is 0. The molecule has 0 radical (unpaired) electrons. The van der Waals surface area contributed by atoms with Crippen LogP contribution in [0.3, 0.4) is 0 Å². The summed E-state index contributed by atoms with van der Waals surface area (Å²) in [5.41, 5.74) is 0.694. The van der Waals surface area contributed by atoms with E-state index in [0.29, 0.717) is 18.9 Å². The quantitative estimate of drug-likeness (QED) is 0.533. The summed E-state index contributed by atoms with van der Waals surface area (Å²) in [5.74, 6) is 0. The summed E-state index contributed by atoms with van der Waals surface area (Å²) in [7, 11) is -3.02. The third-order valence-corrected chi connectivity index (χ3v) is 3.70. The Balaban J connectivity index is 0.00000225. The van der Waals surface area contributed by atoms with Gasteiger partial charge in [-0.25, -0.2) is 12.1 Å². The zero-order valence-electron chi connectivity index (χ0n) is 9.38. The van der Waals surface area contributed by atoms with Crippen molar-refractivity contribution >= 4 is 7.60 Å². The second-order valence-electron chi connectivity index (χ2n) is 2.85. The van der Waals surface area contributed by atoms with Crippen molar-refractivity contribution in [2.45, 2.75) is 20.0 Å². The monoisotopic (exact) mass is 412 g/mol. The largest absolute Gasteiger partial charge is 0.334 e. The van der Waals surface area contributed by atoms with Crippen molar-refractivity contribution in [3.63, 3.8) is 0 Å². The standard InChI is InChI=1S/C10H15NO3P.W/c1-3-13-15(12,14-4-2)9-10-7-5-6-8-11-10;/h5,7-8H,3-4,9H2,1-2H3;/q-1;. The van der Waals surface area contributed by atoms with Crippen LogP contribution in [-0.2, 0) is 40.8 Å². The number of aromatic nitrogens is 1. The number of hydrogen-bond acceptors (Lipinski definition) is 4. The molecule has 0 saturated carbocycles. The van der Waals surface area contributed by atoms with Gasteiger partial charge in [0.1, 0.15) is 0 Å². The first-order chi connectivity index (χ1) is 7.20. The molecular weight excluding hydrogens is 397 g/mol. The van der Waals surface area contributed by atoms with Gasteiger partial charge >= 0.3 is 7.60 Å². The first-order valence-corrected chi connectivity index (χ1v) is 6.62. The fourth-order valence-electron chi connectivity index (χ4n) is 1.16. The van der Waals surface area contributed by atoms with Crippen LogP contribution in [0, 0.1) is 6.07 Å². The summed E-state index contributed by atoms with van der Waals surface area (Å²) in [6.45, 7) is 4.32. The van der Waals surface area contributed by atoms with E-state index in [1.807, 2.05) is 0 Å². The van der Waals surface area contributed by atoms with Crippen LogP contribution in [-0.4, -0.2) is 18.2 Å². The molecule has 0 spiro atoms. The van der Waals surface area contributed by atoms with Gasteiger partial charge in [0.2, 0.25) is 0 Å². The van der Waals surface area contributed by atoms with Gasteiger partial charge in [-0.3, -0.25) is 9.55 Å². The van der Waals surface area contributed by atoms with Gasteiger partial charge in [0, 0.05) is 21.1 Å². The van der Waals surface area contributed by atoms with E-state index in [9.17, 15) is 4.57 Å². The number of nitrogens with zero attached hydrogens (tertiary/aromatic N) is 1. The third-order valence-electron chi connectivity index (χ3n) is 1.68. The van der Waals surface area contributed by atoms with Gasteiger partial charge in [-0.1, -0.05) is 6.20 Å². The fourth-order valence-corrected chi connectivity index (χ4v) is 2.79. The van der Waals surface area contributed by atoms with Crippen LogP contribution in [0.25, 0.3) is 0 Å². The van der Waals surface area contributed by atoms with Crippen LogP contribution in [0.1, 0.15) is 19.5 Å². The Bertz CT molecular complexity index is 324. The third kappa shape index (κ3) is 5.36. The summed E-state index contributed by atoms with van der Waals surface area (Å²) >= 11 is 0. The molecule has 0 aromatic carbocycles. The van der Waals surface area contributed by atoms with E-state index in [-0.39, 0.29) is 27.2 Å². The summed E-state index contributed by atoms with van der Waals surface area (Å²) in [5, 5.41) is 0. The molecule has 1 aromatic rings. The summed E-state index contributed by atoms with van der Waals surface area (Å²) < 4.78 is 22.4. The minimum atomic E-state index is -3.02. The van der Waals surface area contributed by atoms with Crippen molar-refractivity contribution in [3.8, 4) is 0 Å². The molecule has 90 valence electrons. The van der Waals surface area contributed by atoms with Crippen LogP contribution >= 0.6 is 7.60 Å². The molecule has 0 aliphatic carbocycles. The summed E-state index contributed by atoms with van der Waals surface area (Å²) in [4.78, 5) is 4.04. The molecule has 1 heterocycles. The smallest absolute Gasteiger partial charge is 0.309 e. The second kappa shape index (κ2) is 8.13. The first kappa shape index (κ1) is 16.0. The SMILES string of the molecule is CCOP(=O)(Cc1cc[c-]cn1)OCC.[W]. The van der Waals surface area contributed by atoms with E-state index >= 15 is 0 Å². The average molecular weight is 412 g/mol. The van der Waals surface area contributed by atoms with Crippen molar-refractivity contribution in [2.24, 2.45) is 0 Å². The molecule has 16 heavy (non-hydrogen) atoms. The Kier molecular flexibility index (Phi) is 8.13. The summed E-state index contributed by atoms with van der Waals surface area (Å²) in [6.07, 6.45) is 1.75. The normalized spacial score (nSPS) is 10.9. The zero-order valence-corrected chi connectivity index (χ0v) is 13.2. The van der Waals surface area contributed by atoms with E-state index in [1.165, 1.54) is 6.20 Å². The molecule has 0 atom stereocenters. The Morgan fingerprint density at radius 1 is 1.38 bits per heavy atom. The van der Waals surface area contributed by atoms with Gasteiger partial charge < -0.3 is 9.05 Å². The minimum absolute atomic E-state index is 0. The Morgan fingerprint density at radius 2 is 2.00 bits per heavy atom. The van der Waals surface area contributed by atoms with Gasteiger partial charge in [0.25, 0.3) is 0 Å². The van der Waals surface area contributed by atoms with Crippen LogP contribution in [0.2, 0.25) is 0 Å². The van der Waals surface area contributed by atoms with Crippen molar-refractivity contribution in [2.75, 3.05) is 13.2 Å². The van der Waals surface area contributed by atoms with Crippen LogP contribution in [0.5, 0.6) is 0 Å². The maximum Gasteiger partial charge on any atom is 0.334 e. The molecule has 4 nitrogen and oxygen atoms in total. The van der Waals surface area contributed by atoms with E-state index in [4.69, 9.17) is 9.05 Å². The van der Waals surface area contributed by atoms with Gasteiger partial charge in [-0.15, -0.1) is 0 Å². The topological polar surface area (TPSA) is 48.4 Å². The van der Waals surface area contributed by atoms with Gasteiger partial charge in [0.05, 0.1) is 19.4 Å². The molecule has 0 fully saturated rings. The zero-order chi connectivity index (χ0) is 11.1. The van der Waals surface area contributed by atoms with E-state index in [2.05, 4.69) is 11.1 Å². The van der Waals surface area contributed by atoms with Crippen molar-refractivity contribution in [3.05, 3.63) is 30.1 Å².